The number of benzene rings is 2. The summed E-state index contributed by atoms with van der Waals surface area (Å²) >= 11 is 0. The highest BCUT2D eigenvalue weighted by molar-refractivity contribution is 5.91. The van der Waals surface area contributed by atoms with Crippen LogP contribution in [0.3, 0.4) is 0 Å². The molecule has 0 atom stereocenters. The first-order chi connectivity index (χ1) is 13.1. The summed E-state index contributed by atoms with van der Waals surface area (Å²) in [6, 6.07) is 12.5. The molecule has 3 rings (SSSR count). The number of hydrogen-bond acceptors (Lipinski definition) is 6. The number of carbonyl (C=O) groups is 1. The zero-order valence-electron chi connectivity index (χ0n) is 15.3. The topological polar surface area (TPSA) is 103 Å². The lowest BCUT2D eigenvalue weighted by atomic mass is 10.2. The second-order valence-corrected chi connectivity index (χ2v) is 5.72. The number of amides is 2. The van der Waals surface area contributed by atoms with Crippen LogP contribution in [0.4, 0.5) is 10.5 Å². The van der Waals surface area contributed by atoms with Gasteiger partial charge in [-0.3, -0.25) is 0 Å². The van der Waals surface area contributed by atoms with Gasteiger partial charge in [-0.15, -0.1) is 5.10 Å². The number of anilines is 1. The number of nitrogens with zero attached hydrogens (tertiary/aromatic N) is 4. The van der Waals surface area contributed by atoms with Crippen LogP contribution in [0.5, 0.6) is 11.5 Å². The van der Waals surface area contributed by atoms with Crippen molar-refractivity contribution in [1.82, 2.24) is 25.5 Å². The predicted octanol–water partition coefficient (Wildman–Crippen LogP) is 2.31. The Morgan fingerprint density at radius 3 is 2.59 bits per heavy atom. The smallest absolute Gasteiger partial charge is 0.319 e. The number of urea groups is 1. The van der Waals surface area contributed by atoms with Gasteiger partial charge in [-0.1, -0.05) is 17.7 Å². The number of hydrogen-bond donors (Lipinski definition) is 2. The molecule has 27 heavy (non-hydrogen) atoms. The summed E-state index contributed by atoms with van der Waals surface area (Å²) in [7, 11) is 3.08. The lowest BCUT2D eigenvalue weighted by Gasteiger charge is -2.12. The Hall–Kier alpha value is -3.62. The highest BCUT2D eigenvalue weighted by Crippen LogP contribution is 2.28. The monoisotopic (exact) mass is 368 g/mol. The first kappa shape index (κ1) is 18.2. The Labute approximate surface area is 156 Å². The highest BCUT2D eigenvalue weighted by atomic mass is 16.5. The molecule has 0 spiro atoms. The summed E-state index contributed by atoms with van der Waals surface area (Å²) in [5.74, 6) is 1.64. The van der Waals surface area contributed by atoms with Crippen LogP contribution in [-0.2, 0) is 6.54 Å². The lowest BCUT2D eigenvalue weighted by molar-refractivity contribution is 0.251. The third-order valence-electron chi connectivity index (χ3n) is 3.88. The van der Waals surface area contributed by atoms with Crippen molar-refractivity contribution in [3.05, 3.63) is 53.9 Å². The number of ether oxygens (including phenoxy) is 2. The van der Waals surface area contributed by atoms with E-state index in [1.54, 1.807) is 30.0 Å². The maximum absolute atomic E-state index is 12.2. The van der Waals surface area contributed by atoms with Gasteiger partial charge in [0.05, 0.1) is 32.1 Å². The van der Waals surface area contributed by atoms with Gasteiger partial charge in [-0.2, -0.15) is 4.68 Å². The van der Waals surface area contributed by atoms with Crippen LogP contribution < -0.4 is 20.1 Å². The molecule has 3 aromatic rings. The molecule has 2 amide bonds. The minimum Gasteiger partial charge on any atom is -0.497 e. The number of aromatic nitrogens is 4. The van der Waals surface area contributed by atoms with Crippen LogP contribution in [0.15, 0.2) is 42.5 Å². The number of tetrazole rings is 1. The van der Waals surface area contributed by atoms with Gasteiger partial charge in [-0.05, 0) is 41.6 Å². The number of carbonyl (C=O) groups excluding carboxylic acids is 1. The second-order valence-electron chi connectivity index (χ2n) is 5.72. The Morgan fingerprint density at radius 2 is 1.89 bits per heavy atom. The average Bonchev–Trinajstić information content (AvgIpc) is 3.16. The molecule has 2 aromatic carbocycles. The molecule has 0 saturated carbocycles. The molecule has 0 unspecified atom stereocenters. The summed E-state index contributed by atoms with van der Waals surface area (Å²) in [6.07, 6.45) is 0. The molecule has 9 nitrogen and oxygen atoms in total. The number of nitrogens with one attached hydrogen (secondary N) is 2. The fraction of sp³-hybridized carbons (Fsp3) is 0.222. The molecule has 2 N–H and O–H groups in total. The molecule has 0 bridgehead atoms. The quantitative estimate of drug-likeness (QED) is 0.692. The molecule has 9 heteroatoms. The van der Waals surface area contributed by atoms with Gasteiger partial charge in [0, 0.05) is 6.07 Å². The van der Waals surface area contributed by atoms with Crippen molar-refractivity contribution in [3.8, 4) is 17.2 Å². The van der Waals surface area contributed by atoms with Gasteiger partial charge >= 0.3 is 6.03 Å². The minimum atomic E-state index is -0.406. The fourth-order valence-corrected chi connectivity index (χ4v) is 2.43. The summed E-state index contributed by atoms with van der Waals surface area (Å²) in [5.41, 5.74) is 2.48. The molecule has 0 saturated heterocycles. The summed E-state index contributed by atoms with van der Waals surface area (Å²) in [5, 5.41) is 17.1. The summed E-state index contributed by atoms with van der Waals surface area (Å²) in [6.45, 7) is 2.16. The molecule has 1 heterocycles. The standard InChI is InChI=1S/C18H20N6O3/c1-12-4-6-13(7-5-12)24-17(21-22-23-24)11-19-18(25)20-15-9-8-14(26-2)10-16(15)27-3/h4-10H,11H2,1-3H3,(H2,19,20,25). The van der Waals surface area contributed by atoms with E-state index in [-0.39, 0.29) is 6.54 Å². The molecule has 0 aliphatic carbocycles. The number of rotatable bonds is 6. The third kappa shape index (κ3) is 4.32. The van der Waals surface area contributed by atoms with Crippen LogP contribution in [0, 0.1) is 6.92 Å². The van der Waals surface area contributed by atoms with E-state index in [1.165, 1.54) is 7.11 Å². The van der Waals surface area contributed by atoms with E-state index in [0.717, 1.165) is 11.3 Å². The predicted molar refractivity (Wildman–Crippen MR) is 99.3 cm³/mol. The summed E-state index contributed by atoms with van der Waals surface area (Å²) in [4.78, 5) is 12.2. The van der Waals surface area contributed by atoms with Crippen LogP contribution in [0.1, 0.15) is 11.4 Å². The number of methoxy groups -OCH3 is 2. The SMILES string of the molecule is COc1ccc(NC(=O)NCc2nnnn2-c2ccc(C)cc2)c(OC)c1. The molecule has 140 valence electrons. The van der Waals surface area contributed by atoms with Gasteiger partial charge in [0.1, 0.15) is 11.5 Å². The van der Waals surface area contributed by atoms with E-state index in [2.05, 4.69) is 26.2 Å². The van der Waals surface area contributed by atoms with E-state index in [9.17, 15) is 4.79 Å². The van der Waals surface area contributed by atoms with Crippen molar-refractivity contribution in [2.75, 3.05) is 19.5 Å². The lowest BCUT2D eigenvalue weighted by Crippen LogP contribution is -2.29. The minimum absolute atomic E-state index is 0.158. The zero-order chi connectivity index (χ0) is 19.2. The first-order valence-electron chi connectivity index (χ1n) is 8.22. The van der Waals surface area contributed by atoms with E-state index in [4.69, 9.17) is 9.47 Å². The van der Waals surface area contributed by atoms with Crippen LogP contribution in [0.25, 0.3) is 5.69 Å². The Bertz CT molecular complexity index is 923. The fourth-order valence-electron chi connectivity index (χ4n) is 2.43. The van der Waals surface area contributed by atoms with E-state index >= 15 is 0 Å². The highest BCUT2D eigenvalue weighted by Gasteiger charge is 2.12. The molecule has 0 aliphatic rings. The maximum Gasteiger partial charge on any atom is 0.319 e. The number of aryl methyl sites for hydroxylation is 1. The van der Waals surface area contributed by atoms with Crippen molar-refractivity contribution in [2.45, 2.75) is 13.5 Å². The second kappa shape index (κ2) is 8.17. The molecule has 0 radical (unpaired) electrons. The molecule has 0 fully saturated rings. The molecule has 1 aromatic heterocycles. The largest absolute Gasteiger partial charge is 0.497 e. The van der Waals surface area contributed by atoms with Gasteiger partial charge < -0.3 is 20.1 Å². The maximum atomic E-state index is 12.2. The molecular weight excluding hydrogens is 348 g/mol. The van der Waals surface area contributed by atoms with Crippen molar-refractivity contribution in [1.29, 1.82) is 0 Å². The molecular formula is C18H20N6O3. The normalized spacial score (nSPS) is 10.3. The Balaban J connectivity index is 1.65. The van der Waals surface area contributed by atoms with E-state index in [0.29, 0.717) is 23.0 Å². The van der Waals surface area contributed by atoms with Crippen molar-refractivity contribution in [3.63, 3.8) is 0 Å². The van der Waals surface area contributed by atoms with Gasteiger partial charge in [-0.25, -0.2) is 4.79 Å². The van der Waals surface area contributed by atoms with Gasteiger partial charge in [0.2, 0.25) is 0 Å². The van der Waals surface area contributed by atoms with E-state index < -0.39 is 6.03 Å². The van der Waals surface area contributed by atoms with Crippen LogP contribution >= 0.6 is 0 Å². The average molecular weight is 368 g/mol. The Morgan fingerprint density at radius 1 is 1.11 bits per heavy atom. The van der Waals surface area contributed by atoms with Crippen molar-refractivity contribution >= 4 is 11.7 Å². The zero-order valence-corrected chi connectivity index (χ0v) is 15.3. The van der Waals surface area contributed by atoms with Crippen molar-refractivity contribution in [2.24, 2.45) is 0 Å². The van der Waals surface area contributed by atoms with Crippen molar-refractivity contribution < 1.29 is 14.3 Å². The summed E-state index contributed by atoms with van der Waals surface area (Å²) < 4.78 is 12.0. The van der Waals surface area contributed by atoms with E-state index in [1.807, 2.05) is 31.2 Å². The molecule has 0 aliphatic heterocycles. The van der Waals surface area contributed by atoms with Crippen LogP contribution in [-0.4, -0.2) is 40.5 Å². The third-order valence-corrected chi connectivity index (χ3v) is 3.88. The first-order valence-corrected chi connectivity index (χ1v) is 8.22. The van der Waals surface area contributed by atoms with Crippen LogP contribution in [0.2, 0.25) is 0 Å². The van der Waals surface area contributed by atoms with Gasteiger partial charge in [0.25, 0.3) is 0 Å². The van der Waals surface area contributed by atoms with Gasteiger partial charge in [0.15, 0.2) is 5.82 Å². The Kier molecular flexibility index (Phi) is 5.50.